The Labute approximate surface area is 185 Å². The molecule has 2 amide bonds. The molecule has 0 aliphatic carbocycles. The Bertz CT molecular complexity index is 966. The predicted molar refractivity (Wildman–Crippen MR) is 117 cm³/mol. The van der Waals surface area contributed by atoms with Gasteiger partial charge in [0, 0.05) is 42.8 Å². The van der Waals surface area contributed by atoms with E-state index < -0.39 is 6.16 Å². The van der Waals surface area contributed by atoms with Gasteiger partial charge in [0.15, 0.2) is 0 Å². The highest BCUT2D eigenvalue weighted by Gasteiger charge is 2.24. The van der Waals surface area contributed by atoms with Crippen LogP contribution >= 0.6 is 11.6 Å². The molecule has 1 fully saturated rings. The first-order valence-electron chi connectivity index (χ1n) is 9.93. The second-order valence-corrected chi connectivity index (χ2v) is 7.19. The smallest absolute Gasteiger partial charge is 0.434 e. The maximum Gasteiger partial charge on any atom is 0.513 e. The highest BCUT2D eigenvalue weighted by Crippen LogP contribution is 2.18. The Morgan fingerprint density at radius 3 is 2.26 bits per heavy atom. The van der Waals surface area contributed by atoms with E-state index in [9.17, 15) is 14.4 Å². The summed E-state index contributed by atoms with van der Waals surface area (Å²) >= 11 is 6.10. The van der Waals surface area contributed by atoms with Crippen LogP contribution in [0, 0.1) is 0 Å². The molecule has 3 rings (SSSR count). The van der Waals surface area contributed by atoms with Crippen LogP contribution in [0.1, 0.15) is 22.8 Å². The molecule has 7 nitrogen and oxygen atoms in total. The summed E-state index contributed by atoms with van der Waals surface area (Å²) in [5.74, 6) is 0.0459. The number of carbonyl (C=O) groups is 3. The summed E-state index contributed by atoms with van der Waals surface area (Å²) in [6.07, 6.45) is 2.41. The minimum atomic E-state index is -0.786. The summed E-state index contributed by atoms with van der Waals surface area (Å²) in [4.78, 5) is 39.9. The molecule has 0 N–H and O–H groups in total. The lowest BCUT2D eigenvalue weighted by atomic mass is 10.1. The lowest BCUT2D eigenvalue weighted by molar-refractivity contribution is -0.127. The van der Waals surface area contributed by atoms with Crippen LogP contribution in [0.3, 0.4) is 0 Å². The van der Waals surface area contributed by atoms with Gasteiger partial charge in [0.2, 0.25) is 5.91 Å². The van der Waals surface area contributed by atoms with Crippen molar-refractivity contribution in [2.24, 2.45) is 0 Å². The van der Waals surface area contributed by atoms with Crippen LogP contribution in [0.25, 0.3) is 6.08 Å². The Morgan fingerprint density at radius 2 is 1.61 bits per heavy atom. The monoisotopic (exact) mass is 442 g/mol. The van der Waals surface area contributed by atoms with E-state index in [4.69, 9.17) is 21.1 Å². The van der Waals surface area contributed by atoms with E-state index in [1.165, 1.54) is 6.08 Å². The van der Waals surface area contributed by atoms with E-state index in [2.05, 4.69) is 0 Å². The molecular formula is C23H23ClN2O5. The molecule has 8 heteroatoms. The molecule has 0 spiro atoms. The van der Waals surface area contributed by atoms with E-state index in [0.29, 0.717) is 42.5 Å². The number of hydrogen-bond donors (Lipinski definition) is 0. The molecule has 2 aromatic rings. The SMILES string of the molecule is CCOC(=O)Oc1ccc(C(=O)N2CCN(C(=O)/C=C/c3ccccc3Cl)CC2)cc1. The number of halogens is 1. The van der Waals surface area contributed by atoms with Crippen molar-refractivity contribution >= 4 is 35.6 Å². The lowest BCUT2D eigenvalue weighted by Crippen LogP contribution is -2.50. The number of carbonyl (C=O) groups excluding carboxylic acids is 3. The minimum Gasteiger partial charge on any atom is -0.434 e. The molecule has 1 aliphatic heterocycles. The summed E-state index contributed by atoms with van der Waals surface area (Å²) < 4.78 is 9.71. The van der Waals surface area contributed by atoms with Gasteiger partial charge in [-0.05, 0) is 48.9 Å². The van der Waals surface area contributed by atoms with Crippen LogP contribution in [0.15, 0.2) is 54.6 Å². The molecule has 31 heavy (non-hydrogen) atoms. The molecule has 2 aromatic carbocycles. The number of hydrogen-bond acceptors (Lipinski definition) is 5. The van der Waals surface area contributed by atoms with Gasteiger partial charge in [0.05, 0.1) is 6.61 Å². The molecule has 1 saturated heterocycles. The van der Waals surface area contributed by atoms with Gasteiger partial charge in [-0.1, -0.05) is 29.8 Å². The zero-order chi connectivity index (χ0) is 22.2. The molecule has 162 valence electrons. The molecule has 0 bridgehead atoms. The molecule has 0 saturated carbocycles. The maximum absolute atomic E-state index is 12.7. The van der Waals surface area contributed by atoms with E-state index in [1.807, 2.05) is 18.2 Å². The topological polar surface area (TPSA) is 76.2 Å². The van der Waals surface area contributed by atoms with Crippen LogP contribution in [0.5, 0.6) is 5.75 Å². The summed E-state index contributed by atoms with van der Waals surface area (Å²) in [6, 6.07) is 13.6. The zero-order valence-electron chi connectivity index (χ0n) is 17.1. The van der Waals surface area contributed by atoms with Crippen molar-refractivity contribution in [3.63, 3.8) is 0 Å². The van der Waals surface area contributed by atoms with E-state index >= 15 is 0 Å². The van der Waals surface area contributed by atoms with Crippen molar-refractivity contribution in [1.82, 2.24) is 9.80 Å². The fraction of sp³-hybridized carbons (Fsp3) is 0.261. The average Bonchev–Trinajstić information content (AvgIpc) is 2.78. The molecule has 1 heterocycles. The Kier molecular flexibility index (Phi) is 7.67. The van der Waals surface area contributed by atoms with Gasteiger partial charge in [-0.2, -0.15) is 0 Å². The highest BCUT2D eigenvalue weighted by atomic mass is 35.5. The van der Waals surface area contributed by atoms with Gasteiger partial charge in [0.25, 0.3) is 5.91 Å². The maximum atomic E-state index is 12.7. The molecular weight excluding hydrogens is 420 g/mol. The minimum absolute atomic E-state index is 0.118. The first-order chi connectivity index (χ1) is 15.0. The summed E-state index contributed by atoms with van der Waals surface area (Å²) in [7, 11) is 0. The molecule has 0 radical (unpaired) electrons. The standard InChI is InChI=1S/C23H23ClN2O5/c1-2-30-23(29)31-19-10-7-18(8-11-19)22(28)26-15-13-25(14-16-26)21(27)12-9-17-5-3-4-6-20(17)24/h3-12H,2,13-16H2,1H3/b12-9+. The van der Waals surface area contributed by atoms with E-state index in [0.717, 1.165) is 5.56 Å². The van der Waals surface area contributed by atoms with Crippen LogP contribution in [-0.4, -0.2) is 60.6 Å². The normalized spacial score (nSPS) is 13.9. The van der Waals surface area contributed by atoms with Crippen molar-refractivity contribution in [2.75, 3.05) is 32.8 Å². The van der Waals surface area contributed by atoms with Crippen molar-refractivity contribution in [1.29, 1.82) is 0 Å². The fourth-order valence-corrected chi connectivity index (χ4v) is 3.30. The zero-order valence-corrected chi connectivity index (χ0v) is 17.9. The third kappa shape index (κ3) is 6.08. The van der Waals surface area contributed by atoms with Crippen molar-refractivity contribution < 1.29 is 23.9 Å². The molecule has 0 unspecified atom stereocenters. The quantitative estimate of drug-likeness (QED) is 0.399. The number of benzene rings is 2. The van der Waals surface area contributed by atoms with Gasteiger partial charge in [-0.15, -0.1) is 0 Å². The largest absolute Gasteiger partial charge is 0.513 e. The Hall–Kier alpha value is -3.32. The second kappa shape index (κ2) is 10.6. The molecule has 0 atom stereocenters. The van der Waals surface area contributed by atoms with E-state index in [1.54, 1.807) is 53.1 Å². The Morgan fingerprint density at radius 1 is 0.968 bits per heavy atom. The summed E-state index contributed by atoms with van der Waals surface area (Å²) in [6.45, 7) is 3.67. The Balaban J connectivity index is 1.52. The predicted octanol–water partition coefficient (Wildman–Crippen LogP) is 3.87. The van der Waals surface area contributed by atoms with Crippen LogP contribution in [0.2, 0.25) is 5.02 Å². The van der Waals surface area contributed by atoms with Crippen LogP contribution < -0.4 is 4.74 Å². The summed E-state index contributed by atoms with van der Waals surface area (Å²) in [5, 5.41) is 0.584. The first-order valence-corrected chi connectivity index (χ1v) is 10.3. The third-order valence-electron chi connectivity index (χ3n) is 4.75. The van der Waals surface area contributed by atoms with Gasteiger partial charge >= 0.3 is 6.16 Å². The summed E-state index contributed by atoms with van der Waals surface area (Å²) in [5.41, 5.74) is 1.26. The van der Waals surface area contributed by atoms with Crippen molar-refractivity contribution in [2.45, 2.75) is 6.92 Å². The lowest BCUT2D eigenvalue weighted by Gasteiger charge is -2.34. The molecule has 1 aliphatic rings. The highest BCUT2D eigenvalue weighted by molar-refractivity contribution is 6.32. The van der Waals surface area contributed by atoms with Crippen LogP contribution in [-0.2, 0) is 9.53 Å². The van der Waals surface area contributed by atoms with Gasteiger partial charge in [0.1, 0.15) is 5.75 Å². The van der Waals surface area contributed by atoms with Gasteiger partial charge in [-0.3, -0.25) is 9.59 Å². The van der Waals surface area contributed by atoms with Gasteiger partial charge < -0.3 is 19.3 Å². The first kappa shape index (κ1) is 22.4. The van der Waals surface area contributed by atoms with Gasteiger partial charge in [-0.25, -0.2) is 4.79 Å². The average molecular weight is 443 g/mol. The second-order valence-electron chi connectivity index (χ2n) is 6.78. The third-order valence-corrected chi connectivity index (χ3v) is 5.10. The number of amides is 2. The number of piperazine rings is 1. The van der Waals surface area contributed by atoms with Crippen molar-refractivity contribution in [3.8, 4) is 5.75 Å². The van der Waals surface area contributed by atoms with Crippen molar-refractivity contribution in [3.05, 3.63) is 70.8 Å². The number of nitrogens with zero attached hydrogens (tertiary/aromatic N) is 2. The molecule has 0 aromatic heterocycles. The van der Waals surface area contributed by atoms with Crippen LogP contribution in [0.4, 0.5) is 4.79 Å². The number of ether oxygens (including phenoxy) is 2. The number of rotatable bonds is 5. The fourth-order valence-electron chi connectivity index (χ4n) is 3.10. The van der Waals surface area contributed by atoms with E-state index in [-0.39, 0.29) is 18.4 Å².